The molecule has 0 unspecified atom stereocenters. The van der Waals surface area contributed by atoms with Crippen LogP contribution >= 0.6 is 0 Å². The summed E-state index contributed by atoms with van der Waals surface area (Å²) in [4.78, 5) is 17.0. The minimum atomic E-state index is -0.752. The van der Waals surface area contributed by atoms with Gasteiger partial charge in [0.1, 0.15) is 12.0 Å². The standard InChI is InChI=1S/C17H25FN6/c1-22(7-3-8-23-9-6-19-14-23)12-16-10-15(18)11-24(16)13-17-20-4-2-5-21-17/h2,4-6,9,14-16H,3,7-8,10-13H2,1H3/t15-,16-/m0/s1. The van der Waals surface area contributed by atoms with Crippen molar-refractivity contribution < 1.29 is 4.39 Å². The molecule has 1 aliphatic rings. The summed E-state index contributed by atoms with van der Waals surface area (Å²) in [6, 6.07) is 2.03. The summed E-state index contributed by atoms with van der Waals surface area (Å²) in [6.07, 6.45) is 9.99. The number of likely N-dealkylation sites (tertiary alicyclic amines) is 1. The van der Waals surface area contributed by atoms with Crippen LogP contribution in [-0.4, -0.2) is 68.2 Å². The molecule has 3 rings (SSSR count). The quantitative estimate of drug-likeness (QED) is 0.735. The van der Waals surface area contributed by atoms with Gasteiger partial charge in [0, 0.05) is 50.5 Å². The van der Waals surface area contributed by atoms with Crippen LogP contribution in [0.3, 0.4) is 0 Å². The predicted molar refractivity (Wildman–Crippen MR) is 90.1 cm³/mol. The van der Waals surface area contributed by atoms with Crippen molar-refractivity contribution in [3.8, 4) is 0 Å². The summed E-state index contributed by atoms with van der Waals surface area (Å²) in [6.45, 7) is 3.92. The first-order valence-electron chi connectivity index (χ1n) is 8.49. The molecule has 2 aromatic rings. The highest BCUT2D eigenvalue weighted by atomic mass is 19.1. The zero-order valence-electron chi connectivity index (χ0n) is 14.1. The van der Waals surface area contributed by atoms with Crippen LogP contribution in [0.15, 0.2) is 37.2 Å². The van der Waals surface area contributed by atoms with Crippen LogP contribution in [0.25, 0.3) is 0 Å². The maximum absolute atomic E-state index is 13.9. The number of nitrogens with zero attached hydrogens (tertiary/aromatic N) is 6. The zero-order valence-corrected chi connectivity index (χ0v) is 14.1. The number of alkyl halides is 1. The molecule has 2 atom stereocenters. The van der Waals surface area contributed by atoms with Crippen LogP contribution in [0.2, 0.25) is 0 Å². The Morgan fingerprint density at radius 3 is 2.88 bits per heavy atom. The van der Waals surface area contributed by atoms with E-state index in [1.54, 1.807) is 24.7 Å². The molecule has 0 radical (unpaired) electrons. The molecule has 7 heteroatoms. The van der Waals surface area contributed by atoms with E-state index in [-0.39, 0.29) is 6.04 Å². The molecular weight excluding hydrogens is 307 g/mol. The van der Waals surface area contributed by atoms with Crippen LogP contribution in [0.4, 0.5) is 4.39 Å². The maximum atomic E-state index is 13.9. The van der Waals surface area contributed by atoms with Gasteiger partial charge in [-0.1, -0.05) is 0 Å². The molecule has 1 saturated heterocycles. The van der Waals surface area contributed by atoms with Crippen LogP contribution in [0.5, 0.6) is 0 Å². The van der Waals surface area contributed by atoms with Crippen LogP contribution in [-0.2, 0) is 13.1 Å². The van der Waals surface area contributed by atoms with Crippen molar-refractivity contribution in [1.82, 2.24) is 29.3 Å². The smallest absolute Gasteiger partial charge is 0.142 e. The number of hydrogen-bond acceptors (Lipinski definition) is 5. The van der Waals surface area contributed by atoms with E-state index in [0.717, 1.165) is 31.9 Å². The van der Waals surface area contributed by atoms with Gasteiger partial charge in [-0.05, 0) is 32.5 Å². The summed E-state index contributed by atoms with van der Waals surface area (Å²) in [7, 11) is 2.11. The Morgan fingerprint density at radius 1 is 1.29 bits per heavy atom. The highest BCUT2D eigenvalue weighted by Crippen LogP contribution is 2.22. The molecule has 0 spiro atoms. The fraction of sp³-hybridized carbons (Fsp3) is 0.588. The molecule has 6 nitrogen and oxygen atoms in total. The Labute approximate surface area is 142 Å². The molecule has 0 bridgehead atoms. The zero-order chi connectivity index (χ0) is 16.8. The lowest BCUT2D eigenvalue weighted by atomic mass is 10.2. The first kappa shape index (κ1) is 17.0. The second kappa shape index (κ2) is 8.30. The summed E-state index contributed by atoms with van der Waals surface area (Å²) in [5, 5.41) is 0. The molecule has 0 N–H and O–H groups in total. The largest absolute Gasteiger partial charge is 0.337 e. The van der Waals surface area contributed by atoms with Crippen LogP contribution in [0, 0.1) is 0 Å². The average Bonchev–Trinajstić information content (AvgIpc) is 3.19. The molecule has 1 aliphatic heterocycles. The molecular formula is C17H25FN6. The van der Waals surface area contributed by atoms with Gasteiger partial charge in [-0.2, -0.15) is 0 Å². The lowest BCUT2D eigenvalue weighted by Gasteiger charge is -2.27. The van der Waals surface area contributed by atoms with Gasteiger partial charge in [0.25, 0.3) is 0 Å². The minimum Gasteiger partial charge on any atom is -0.337 e. The molecule has 130 valence electrons. The Morgan fingerprint density at radius 2 is 2.12 bits per heavy atom. The molecule has 3 heterocycles. The maximum Gasteiger partial charge on any atom is 0.142 e. The summed E-state index contributed by atoms with van der Waals surface area (Å²) in [5.41, 5.74) is 0. The van der Waals surface area contributed by atoms with E-state index in [1.165, 1.54) is 0 Å². The van der Waals surface area contributed by atoms with E-state index < -0.39 is 6.17 Å². The number of aryl methyl sites for hydroxylation is 1. The van der Waals surface area contributed by atoms with Gasteiger partial charge in [0.15, 0.2) is 0 Å². The average molecular weight is 332 g/mol. The van der Waals surface area contributed by atoms with Crippen molar-refractivity contribution >= 4 is 0 Å². The summed E-state index contributed by atoms with van der Waals surface area (Å²) in [5.74, 6) is 0.763. The fourth-order valence-corrected chi connectivity index (χ4v) is 3.29. The number of likely N-dealkylation sites (N-methyl/N-ethyl adjacent to an activating group) is 1. The van der Waals surface area contributed by atoms with E-state index in [0.29, 0.717) is 19.5 Å². The Kier molecular flexibility index (Phi) is 5.87. The number of hydrogen-bond donors (Lipinski definition) is 0. The topological polar surface area (TPSA) is 50.1 Å². The minimum absolute atomic E-state index is 0.224. The first-order valence-corrected chi connectivity index (χ1v) is 8.49. The molecule has 0 saturated carbocycles. The summed E-state index contributed by atoms with van der Waals surface area (Å²) < 4.78 is 16.0. The number of imidazole rings is 1. The third-order valence-corrected chi connectivity index (χ3v) is 4.48. The van der Waals surface area contributed by atoms with Crippen molar-refractivity contribution in [3.05, 3.63) is 43.0 Å². The van der Waals surface area contributed by atoms with Crippen molar-refractivity contribution in [2.75, 3.05) is 26.7 Å². The van der Waals surface area contributed by atoms with E-state index in [1.807, 2.05) is 12.5 Å². The highest BCUT2D eigenvalue weighted by Gasteiger charge is 2.32. The number of rotatable bonds is 8. The van der Waals surface area contributed by atoms with Crippen molar-refractivity contribution in [1.29, 1.82) is 0 Å². The molecule has 0 amide bonds. The van der Waals surface area contributed by atoms with Crippen molar-refractivity contribution in [2.24, 2.45) is 0 Å². The monoisotopic (exact) mass is 332 g/mol. The van der Waals surface area contributed by atoms with Crippen LogP contribution < -0.4 is 0 Å². The summed E-state index contributed by atoms with van der Waals surface area (Å²) >= 11 is 0. The second-order valence-corrected chi connectivity index (χ2v) is 6.50. The van der Waals surface area contributed by atoms with E-state index in [2.05, 4.69) is 36.4 Å². The second-order valence-electron chi connectivity index (χ2n) is 6.50. The lowest BCUT2D eigenvalue weighted by molar-refractivity contribution is 0.179. The van der Waals surface area contributed by atoms with Gasteiger partial charge >= 0.3 is 0 Å². The number of aromatic nitrogens is 4. The third-order valence-electron chi connectivity index (χ3n) is 4.48. The first-order chi connectivity index (χ1) is 11.7. The van der Waals surface area contributed by atoms with Gasteiger partial charge in [0.05, 0.1) is 12.9 Å². The SMILES string of the molecule is CN(CCCn1ccnc1)C[C@@H]1C[C@H](F)CN1Cc1ncccn1. The van der Waals surface area contributed by atoms with Gasteiger partial charge in [0.2, 0.25) is 0 Å². The molecule has 2 aromatic heterocycles. The Hall–Kier alpha value is -1.86. The highest BCUT2D eigenvalue weighted by molar-refractivity contribution is 4.93. The molecule has 24 heavy (non-hydrogen) atoms. The Bertz CT molecular complexity index is 590. The molecule has 1 fully saturated rings. The van der Waals surface area contributed by atoms with E-state index >= 15 is 0 Å². The normalized spacial score (nSPS) is 21.6. The van der Waals surface area contributed by atoms with Gasteiger partial charge in [-0.15, -0.1) is 0 Å². The van der Waals surface area contributed by atoms with Crippen LogP contribution in [0.1, 0.15) is 18.7 Å². The van der Waals surface area contributed by atoms with E-state index in [4.69, 9.17) is 0 Å². The molecule has 0 aromatic carbocycles. The lowest BCUT2D eigenvalue weighted by Crippen LogP contribution is -2.39. The van der Waals surface area contributed by atoms with Crippen molar-refractivity contribution in [2.45, 2.75) is 38.1 Å². The third kappa shape index (κ3) is 4.82. The molecule has 0 aliphatic carbocycles. The Balaban J connectivity index is 1.46. The van der Waals surface area contributed by atoms with Gasteiger partial charge in [-0.25, -0.2) is 19.3 Å². The van der Waals surface area contributed by atoms with Gasteiger partial charge in [-0.3, -0.25) is 4.90 Å². The van der Waals surface area contributed by atoms with Gasteiger partial charge < -0.3 is 9.47 Å². The predicted octanol–water partition coefficient (Wildman–Crippen LogP) is 1.61. The van der Waals surface area contributed by atoms with E-state index in [9.17, 15) is 4.39 Å². The van der Waals surface area contributed by atoms with Crippen molar-refractivity contribution in [3.63, 3.8) is 0 Å². The number of halogens is 1. The fourth-order valence-electron chi connectivity index (χ4n) is 3.29.